The van der Waals surface area contributed by atoms with E-state index in [0.29, 0.717) is 5.41 Å². The molecule has 1 aromatic rings. The minimum Gasteiger partial charge on any atom is -0.381 e. The van der Waals surface area contributed by atoms with Crippen LogP contribution in [0.25, 0.3) is 0 Å². The summed E-state index contributed by atoms with van der Waals surface area (Å²) in [6.45, 7) is 7.90. The Morgan fingerprint density at radius 2 is 1.96 bits per heavy atom. The van der Waals surface area contributed by atoms with E-state index in [1.54, 1.807) is 0 Å². The lowest BCUT2D eigenvalue weighted by Crippen LogP contribution is -2.49. The molecule has 1 unspecified atom stereocenters. The van der Waals surface area contributed by atoms with Gasteiger partial charge in [0.25, 0.3) is 0 Å². The van der Waals surface area contributed by atoms with Crippen molar-refractivity contribution in [1.29, 1.82) is 0 Å². The second kappa shape index (κ2) is 7.44. The third-order valence-electron chi connectivity index (χ3n) is 6.89. The van der Waals surface area contributed by atoms with Crippen molar-refractivity contribution in [2.75, 3.05) is 53.5 Å². The standard InChI is InChI=1S/C22H34N4O/c1-4-23-20(26-11-9-21(16-26)10-12-27-17-21)24-15-22(25(2)3)13-18-7-5-6-8-19(18)14-22/h5-8H,4,9-17H2,1-3H3,(H,23,24). The Morgan fingerprint density at radius 3 is 2.56 bits per heavy atom. The number of likely N-dealkylation sites (N-methyl/N-ethyl adjacent to an activating group) is 1. The number of hydrogen-bond acceptors (Lipinski definition) is 3. The molecule has 1 aliphatic carbocycles. The summed E-state index contributed by atoms with van der Waals surface area (Å²) >= 11 is 0. The molecule has 27 heavy (non-hydrogen) atoms. The van der Waals surface area contributed by atoms with Crippen molar-refractivity contribution in [1.82, 2.24) is 15.1 Å². The number of nitrogens with zero attached hydrogens (tertiary/aromatic N) is 3. The van der Waals surface area contributed by atoms with Gasteiger partial charge in [-0.2, -0.15) is 0 Å². The van der Waals surface area contributed by atoms with Crippen LogP contribution < -0.4 is 5.32 Å². The van der Waals surface area contributed by atoms with Crippen molar-refractivity contribution < 1.29 is 4.74 Å². The normalized spacial score (nSPS) is 27.0. The van der Waals surface area contributed by atoms with Crippen LogP contribution in [0.4, 0.5) is 0 Å². The Morgan fingerprint density at radius 1 is 1.22 bits per heavy atom. The van der Waals surface area contributed by atoms with Crippen molar-refractivity contribution in [3.05, 3.63) is 35.4 Å². The van der Waals surface area contributed by atoms with E-state index in [1.807, 2.05) is 0 Å². The number of benzene rings is 1. The lowest BCUT2D eigenvalue weighted by Gasteiger charge is -2.35. The molecule has 5 nitrogen and oxygen atoms in total. The minimum atomic E-state index is 0.0816. The average molecular weight is 371 g/mol. The van der Waals surface area contributed by atoms with Gasteiger partial charge < -0.3 is 19.9 Å². The van der Waals surface area contributed by atoms with Crippen LogP contribution in [-0.4, -0.2) is 74.8 Å². The van der Waals surface area contributed by atoms with E-state index in [9.17, 15) is 0 Å². The SMILES string of the molecule is CCNC(=NCC1(N(C)C)Cc2ccccc2C1)N1CCC2(CCOC2)C1. The average Bonchev–Trinajstić information content (AvgIpc) is 3.38. The van der Waals surface area contributed by atoms with Crippen LogP contribution in [0.1, 0.15) is 30.9 Å². The molecule has 1 aromatic carbocycles. The summed E-state index contributed by atoms with van der Waals surface area (Å²) in [6, 6.07) is 8.87. The molecule has 0 aromatic heterocycles. The first-order valence-corrected chi connectivity index (χ1v) is 10.4. The highest BCUT2D eigenvalue weighted by Crippen LogP contribution is 2.38. The molecule has 0 amide bonds. The summed E-state index contributed by atoms with van der Waals surface area (Å²) in [6.07, 6.45) is 4.58. The van der Waals surface area contributed by atoms with Crippen molar-refractivity contribution in [3.8, 4) is 0 Å². The lowest BCUT2D eigenvalue weighted by atomic mass is 9.87. The van der Waals surface area contributed by atoms with Crippen LogP contribution in [0.3, 0.4) is 0 Å². The Labute approximate surface area is 163 Å². The number of nitrogens with one attached hydrogen (secondary N) is 1. The Hall–Kier alpha value is -1.59. The first kappa shape index (κ1) is 18.8. The van der Waals surface area contributed by atoms with E-state index in [1.165, 1.54) is 24.0 Å². The molecule has 2 heterocycles. The van der Waals surface area contributed by atoms with Gasteiger partial charge in [0.05, 0.1) is 13.2 Å². The number of fused-ring (bicyclic) bond motifs is 1. The third-order valence-corrected chi connectivity index (χ3v) is 6.89. The molecule has 2 saturated heterocycles. The van der Waals surface area contributed by atoms with Crippen LogP contribution >= 0.6 is 0 Å². The van der Waals surface area contributed by atoms with Crippen LogP contribution in [0.15, 0.2) is 29.3 Å². The molecule has 0 saturated carbocycles. The van der Waals surface area contributed by atoms with Crippen LogP contribution in [-0.2, 0) is 17.6 Å². The maximum absolute atomic E-state index is 5.70. The molecule has 1 spiro atoms. The molecule has 4 rings (SSSR count). The summed E-state index contributed by atoms with van der Waals surface area (Å²) < 4.78 is 5.70. The van der Waals surface area contributed by atoms with Gasteiger partial charge in [0, 0.05) is 37.2 Å². The van der Waals surface area contributed by atoms with Crippen LogP contribution in [0.2, 0.25) is 0 Å². The molecule has 2 fully saturated rings. The van der Waals surface area contributed by atoms with Crippen molar-refractivity contribution in [3.63, 3.8) is 0 Å². The monoisotopic (exact) mass is 370 g/mol. The largest absolute Gasteiger partial charge is 0.381 e. The first-order chi connectivity index (χ1) is 13.1. The fraction of sp³-hybridized carbons (Fsp3) is 0.682. The van der Waals surface area contributed by atoms with Crippen LogP contribution in [0, 0.1) is 5.41 Å². The molecule has 3 aliphatic rings. The van der Waals surface area contributed by atoms with Gasteiger partial charge in [-0.1, -0.05) is 24.3 Å². The maximum atomic E-state index is 5.70. The van der Waals surface area contributed by atoms with E-state index in [0.717, 1.165) is 58.2 Å². The molecule has 0 bridgehead atoms. The highest BCUT2D eigenvalue weighted by molar-refractivity contribution is 5.80. The van der Waals surface area contributed by atoms with Crippen molar-refractivity contribution in [2.24, 2.45) is 10.4 Å². The summed E-state index contributed by atoms with van der Waals surface area (Å²) in [5.74, 6) is 1.08. The van der Waals surface area contributed by atoms with Gasteiger partial charge in [-0.3, -0.25) is 4.99 Å². The second-order valence-corrected chi connectivity index (χ2v) is 8.89. The molecule has 2 aliphatic heterocycles. The van der Waals surface area contributed by atoms with Gasteiger partial charge >= 0.3 is 0 Å². The molecule has 1 atom stereocenters. The predicted molar refractivity (Wildman–Crippen MR) is 110 cm³/mol. The molecule has 1 N–H and O–H groups in total. The Balaban J connectivity index is 1.51. The van der Waals surface area contributed by atoms with E-state index in [4.69, 9.17) is 9.73 Å². The lowest BCUT2D eigenvalue weighted by molar-refractivity contribution is 0.156. The van der Waals surface area contributed by atoms with Gasteiger partial charge in [0.2, 0.25) is 0 Å². The number of aliphatic imine (C=N–C) groups is 1. The molecular weight excluding hydrogens is 336 g/mol. The summed E-state index contributed by atoms with van der Waals surface area (Å²) in [7, 11) is 4.41. The number of likely N-dealkylation sites (tertiary alicyclic amines) is 1. The quantitative estimate of drug-likeness (QED) is 0.651. The second-order valence-electron chi connectivity index (χ2n) is 8.89. The van der Waals surface area contributed by atoms with E-state index in [-0.39, 0.29) is 5.54 Å². The minimum absolute atomic E-state index is 0.0816. The summed E-state index contributed by atoms with van der Waals surface area (Å²) in [4.78, 5) is 10.0. The topological polar surface area (TPSA) is 40.1 Å². The zero-order valence-electron chi connectivity index (χ0n) is 17.1. The summed E-state index contributed by atoms with van der Waals surface area (Å²) in [5.41, 5.74) is 3.40. The van der Waals surface area contributed by atoms with Gasteiger partial charge in [-0.25, -0.2) is 0 Å². The zero-order valence-corrected chi connectivity index (χ0v) is 17.1. The highest BCUT2D eigenvalue weighted by atomic mass is 16.5. The third kappa shape index (κ3) is 3.59. The molecular formula is C22H34N4O. The van der Waals surface area contributed by atoms with E-state index < -0.39 is 0 Å². The van der Waals surface area contributed by atoms with Gasteiger partial charge in [0.15, 0.2) is 5.96 Å². The van der Waals surface area contributed by atoms with Crippen molar-refractivity contribution >= 4 is 5.96 Å². The smallest absolute Gasteiger partial charge is 0.194 e. The molecule has 0 radical (unpaired) electrons. The van der Waals surface area contributed by atoms with Crippen LogP contribution in [0.5, 0.6) is 0 Å². The fourth-order valence-electron chi connectivity index (χ4n) is 4.98. The molecule has 5 heteroatoms. The number of guanidine groups is 1. The van der Waals surface area contributed by atoms with Gasteiger partial charge in [-0.05, 0) is 57.8 Å². The predicted octanol–water partition coefficient (Wildman–Crippen LogP) is 2.16. The maximum Gasteiger partial charge on any atom is 0.194 e. The Bertz CT molecular complexity index is 668. The first-order valence-electron chi connectivity index (χ1n) is 10.4. The number of rotatable bonds is 4. The highest BCUT2D eigenvalue weighted by Gasteiger charge is 2.43. The van der Waals surface area contributed by atoms with Gasteiger partial charge in [0.1, 0.15) is 0 Å². The van der Waals surface area contributed by atoms with E-state index >= 15 is 0 Å². The summed E-state index contributed by atoms with van der Waals surface area (Å²) in [5, 5.41) is 3.55. The fourth-order valence-corrected chi connectivity index (χ4v) is 4.98. The zero-order chi connectivity index (χ0) is 18.9. The van der Waals surface area contributed by atoms with Crippen molar-refractivity contribution in [2.45, 2.75) is 38.1 Å². The molecule has 148 valence electrons. The van der Waals surface area contributed by atoms with Gasteiger partial charge in [-0.15, -0.1) is 0 Å². The Kier molecular flexibility index (Phi) is 5.17. The van der Waals surface area contributed by atoms with E-state index in [2.05, 4.69) is 60.4 Å². The number of ether oxygens (including phenoxy) is 1. The number of hydrogen-bond donors (Lipinski definition) is 1.